The maximum absolute atomic E-state index is 4.19. The number of hydrogen-bond acceptors (Lipinski definition) is 2. The molecular formula is C12H20N2. The zero-order valence-corrected chi connectivity index (χ0v) is 9.72. The zero-order valence-electron chi connectivity index (χ0n) is 9.72. The molecule has 0 atom stereocenters. The van der Waals surface area contributed by atoms with Crippen LogP contribution in [0.25, 0.3) is 0 Å². The molecule has 0 fully saturated rings. The van der Waals surface area contributed by atoms with E-state index in [9.17, 15) is 0 Å². The van der Waals surface area contributed by atoms with E-state index in [1.165, 1.54) is 24.0 Å². The van der Waals surface area contributed by atoms with E-state index < -0.39 is 0 Å². The lowest BCUT2D eigenvalue weighted by molar-refractivity contribution is 0.792. The first-order chi connectivity index (χ1) is 6.70. The fraction of sp³-hybridized carbons (Fsp3) is 0.667. The Morgan fingerprint density at radius 1 is 0.786 bits per heavy atom. The molecule has 0 N–H and O–H groups in total. The van der Waals surface area contributed by atoms with E-state index in [2.05, 4.69) is 37.9 Å². The third-order valence-electron chi connectivity index (χ3n) is 2.59. The van der Waals surface area contributed by atoms with Crippen LogP contribution in [0.3, 0.4) is 0 Å². The highest BCUT2D eigenvalue weighted by molar-refractivity contribution is 5.32. The van der Waals surface area contributed by atoms with E-state index in [1.807, 2.05) is 0 Å². The van der Waals surface area contributed by atoms with Gasteiger partial charge in [0.05, 0.1) is 11.4 Å². The molecule has 0 bridgehead atoms. The molecule has 0 spiro atoms. The highest BCUT2D eigenvalue weighted by Crippen LogP contribution is 2.18. The molecule has 1 rings (SSSR count). The molecule has 0 saturated heterocycles. The number of nitrogens with zero attached hydrogens (tertiary/aromatic N) is 2. The Morgan fingerprint density at radius 2 is 1.14 bits per heavy atom. The van der Waals surface area contributed by atoms with E-state index in [0.717, 1.165) is 24.2 Å². The minimum Gasteiger partial charge on any atom is -0.155 e. The van der Waals surface area contributed by atoms with Crippen LogP contribution < -0.4 is 0 Å². The number of aromatic nitrogens is 2. The molecule has 1 aromatic heterocycles. The third kappa shape index (κ3) is 2.31. The van der Waals surface area contributed by atoms with Crippen LogP contribution in [-0.4, -0.2) is 10.2 Å². The summed E-state index contributed by atoms with van der Waals surface area (Å²) in [6, 6.07) is 0. The topological polar surface area (TPSA) is 25.8 Å². The molecule has 2 heteroatoms. The second-order valence-corrected chi connectivity index (χ2v) is 3.83. The van der Waals surface area contributed by atoms with Gasteiger partial charge >= 0.3 is 0 Å². The van der Waals surface area contributed by atoms with Crippen molar-refractivity contribution in [3.05, 3.63) is 22.5 Å². The van der Waals surface area contributed by atoms with Crippen molar-refractivity contribution in [1.82, 2.24) is 10.2 Å². The van der Waals surface area contributed by atoms with Crippen molar-refractivity contribution in [1.29, 1.82) is 0 Å². The third-order valence-corrected chi connectivity index (χ3v) is 2.59. The lowest BCUT2D eigenvalue weighted by atomic mass is 9.98. The van der Waals surface area contributed by atoms with Gasteiger partial charge in [0.2, 0.25) is 0 Å². The molecule has 0 aliphatic carbocycles. The molecule has 0 amide bonds. The summed E-state index contributed by atoms with van der Waals surface area (Å²) in [5.74, 6) is 0. The van der Waals surface area contributed by atoms with E-state index >= 15 is 0 Å². The van der Waals surface area contributed by atoms with Crippen molar-refractivity contribution in [2.45, 2.75) is 53.4 Å². The Hall–Kier alpha value is -0.920. The van der Waals surface area contributed by atoms with E-state index in [-0.39, 0.29) is 0 Å². The summed E-state index contributed by atoms with van der Waals surface area (Å²) in [4.78, 5) is 0. The van der Waals surface area contributed by atoms with E-state index in [4.69, 9.17) is 0 Å². The molecule has 0 aliphatic rings. The Labute approximate surface area is 86.8 Å². The van der Waals surface area contributed by atoms with Crippen molar-refractivity contribution in [3.63, 3.8) is 0 Å². The van der Waals surface area contributed by atoms with Crippen LogP contribution in [0.2, 0.25) is 0 Å². The summed E-state index contributed by atoms with van der Waals surface area (Å²) in [5, 5.41) is 8.38. The summed E-state index contributed by atoms with van der Waals surface area (Å²) in [7, 11) is 0. The van der Waals surface area contributed by atoms with Gasteiger partial charge in [0.25, 0.3) is 0 Å². The molecule has 0 aromatic carbocycles. The van der Waals surface area contributed by atoms with Gasteiger partial charge in [-0.1, -0.05) is 26.7 Å². The summed E-state index contributed by atoms with van der Waals surface area (Å²) in [6.07, 6.45) is 4.64. The molecule has 2 nitrogen and oxygen atoms in total. The van der Waals surface area contributed by atoms with Crippen LogP contribution in [0.1, 0.15) is 49.2 Å². The molecule has 0 unspecified atom stereocenters. The predicted molar refractivity (Wildman–Crippen MR) is 59.5 cm³/mol. The minimum absolute atomic E-state index is 1.11. The quantitative estimate of drug-likeness (QED) is 0.733. The van der Waals surface area contributed by atoms with Crippen LogP contribution in [0, 0.1) is 13.8 Å². The van der Waals surface area contributed by atoms with Gasteiger partial charge in [-0.15, -0.1) is 0 Å². The van der Waals surface area contributed by atoms with Crippen molar-refractivity contribution in [3.8, 4) is 0 Å². The van der Waals surface area contributed by atoms with Gasteiger partial charge in [0, 0.05) is 0 Å². The first-order valence-electron chi connectivity index (χ1n) is 5.52. The average Bonchev–Trinajstić information content (AvgIpc) is 2.17. The van der Waals surface area contributed by atoms with Crippen molar-refractivity contribution in [2.75, 3.05) is 0 Å². The van der Waals surface area contributed by atoms with Crippen molar-refractivity contribution >= 4 is 0 Å². The summed E-state index contributed by atoms with van der Waals surface area (Å²) < 4.78 is 0. The zero-order chi connectivity index (χ0) is 10.6. The molecule has 1 aromatic rings. The fourth-order valence-corrected chi connectivity index (χ4v) is 1.87. The van der Waals surface area contributed by atoms with Crippen LogP contribution in [0.15, 0.2) is 0 Å². The molecule has 78 valence electrons. The standard InChI is InChI=1S/C12H20N2/c1-5-7-11-9(3)13-14-10(4)12(11)8-6-2/h5-8H2,1-4H3. The largest absolute Gasteiger partial charge is 0.155 e. The minimum atomic E-state index is 1.11. The lowest BCUT2D eigenvalue weighted by Crippen LogP contribution is -2.05. The highest BCUT2D eigenvalue weighted by Gasteiger charge is 2.09. The van der Waals surface area contributed by atoms with Crippen LogP contribution in [0.5, 0.6) is 0 Å². The predicted octanol–water partition coefficient (Wildman–Crippen LogP) is 3.00. The Bertz CT molecular complexity index is 274. The van der Waals surface area contributed by atoms with Gasteiger partial charge in [0.1, 0.15) is 0 Å². The Kier molecular flexibility index (Phi) is 4.05. The summed E-state index contributed by atoms with van der Waals surface area (Å²) in [6.45, 7) is 8.56. The van der Waals surface area contributed by atoms with Gasteiger partial charge < -0.3 is 0 Å². The Balaban J connectivity index is 3.12. The van der Waals surface area contributed by atoms with Crippen LogP contribution in [-0.2, 0) is 12.8 Å². The van der Waals surface area contributed by atoms with Crippen molar-refractivity contribution in [2.24, 2.45) is 0 Å². The molecule has 1 heterocycles. The molecule has 0 aliphatic heterocycles. The van der Waals surface area contributed by atoms with E-state index in [1.54, 1.807) is 0 Å². The van der Waals surface area contributed by atoms with Crippen LogP contribution >= 0.6 is 0 Å². The first-order valence-corrected chi connectivity index (χ1v) is 5.52. The van der Waals surface area contributed by atoms with Gasteiger partial charge in [0.15, 0.2) is 0 Å². The van der Waals surface area contributed by atoms with Crippen LogP contribution in [0.4, 0.5) is 0 Å². The maximum Gasteiger partial charge on any atom is 0.0635 e. The summed E-state index contributed by atoms with van der Waals surface area (Å²) >= 11 is 0. The second-order valence-electron chi connectivity index (χ2n) is 3.83. The van der Waals surface area contributed by atoms with Gasteiger partial charge in [-0.3, -0.25) is 0 Å². The lowest BCUT2D eigenvalue weighted by Gasteiger charge is -2.12. The average molecular weight is 192 g/mol. The molecule has 0 radical (unpaired) electrons. The van der Waals surface area contributed by atoms with Gasteiger partial charge in [-0.2, -0.15) is 10.2 Å². The van der Waals surface area contributed by atoms with Gasteiger partial charge in [-0.05, 0) is 37.8 Å². The SMILES string of the molecule is CCCc1c(C)nnc(C)c1CCC. The van der Waals surface area contributed by atoms with Gasteiger partial charge in [-0.25, -0.2) is 0 Å². The highest BCUT2D eigenvalue weighted by atomic mass is 15.1. The van der Waals surface area contributed by atoms with E-state index in [0.29, 0.717) is 0 Å². The van der Waals surface area contributed by atoms with Crippen molar-refractivity contribution < 1.29 is 0 Å². The number of aryl methyl sites for hydroxylation is 2. The number of hydrogen-bond donors (Lipinski definition) is 0. The Morgan fingerprint density at radius 3 is 1.43 bits per heavy atom. The fourth-order valence-electron chi connectivity index (χ4n) is 1.87. The summed E-state index contributed by atoms with van der Waals surface area (Å²) in [5.41, 5.74) is 5.09. The normalized spacial score (nSPS) is 10.6. The number of rotatable bonds is 4. The first kappa shape index (κ1) is 11.2. The monoisotopic (exact) mass is 192 g/mol. The smallest absolute Gasteiger partial charge is 0.0635 e. The maximum atomic E-state index is 4.19. The molecule has 0 saturated carbocycles. The molecular weight excluding hydrogens is 172 g/mol. The molecule has 14 heavy (non-hydrogen) atoms. The second kappa shape index (κ2) is 5.08.